The number of rotatable bonds is 6. The van der Waals surface area contributed by atoms with E-state index in [9.17, 15) is 9.90 Å². The summed E-state index contributed by atoms with van der Waals surface area (Å²) < 4.78 is 0. The van der Waals surface area contributed by atoms with Crippen molar-refractivity contribution in [3.63, 3.8) is 0 Å². The second-order valence-corrected chi connectivity index (χ2v) is 7.24. The maximum Gasteiger partial charge on any atom is 0.309 e. The quantitative estimate of drug-likeness (QED) is 0.661. The molecule has 2 fully saturated rings. The van der Waals surface area contributed by atoms with Gasteiger partial charge in [-0.1, -0.05) is 64.7 Å². The molecular formula is C18H32O2. The van der Waals surface area contributed by atoms with Crippen molar-refractivity contribution in [1.29, 1.82) is 0 Å². The van der Waals surface area contributed by atoms with E-state index >= 15 is 0 Å². The molecule has 0 radical (unpaired) electrons. The molecule has 2 heteroatoms. The SMILES string of the molecule is CCCCCC1CCC(C2(C(=O)O)CCCCC2)CC1. The van der Waals surface area contributed by atoms with Crippen molar-refractivity contribution < 1.29 is 9.90 Å². The van der Waals surface area contributed by atoms with Gasteiger partial charge in [-0.05, 0) is 37.5 Å². The molecule has 116 valence electrons. The Morgan fingerprint density at radius 1 is 1.05 bits per heavy atom. The fourth-order valence-corrected chi connectivity index (χ4v) is 4.67. The van der Waals surface area contributed by atoms with Gasteiger partial charge in [0.2, 0.25) is 0 Å². The molecule has 2 aliphatic rings. The third-order valence-corrected chi connectivity index (χ3v) is 6.02. The van der Waals surface area contributed by atoms with Gasteiger partial charge in [-0.25, -0.2) is 0 Å². The maximum absolute atomic E-state index is 11.9. The average Bonchev–Trinajstić information content (AvgIpc) is 2.49. The molecule has 0 saturated heterocycles. The highest BCUT2D eigenvalue weighted by atomic mass is 16.4. The number of carboxylic acid groups (broad SMARTS) is 1. The topological polar surface area (TPSA) is 37.3 Å². The van der Waals surface area contributed by atoms with Gasteiger partial charge in [0.25, 0.3) is 0 Å². The van der Waals surface area contributed by atoms with E-state index in [2.05, 4.69) is 6.92 Å². The number of carboxylic acids is 1. The summed E-state index contributed by atoms with van der Waals surface area (Å²) in [5, 5.41) is 9.78. The van der Waals surface area contributed by atoms with Gasteiger partial charge in [0, 0.05) is 0 Å². The van der Waals surface area contributed by atoms with Crippen LogP contribution in [0.5, 0.6) is 0 Å². The molecule has 0 atom stereocenters. The molecule has 0 unspecified atom stereocenters. The van der Waals surface area contributed by atoms with E-state index in [1.54, 1.807) is 0 Å². The Kier molecular flexibility index (Phi) is 5.92. The number of aliphatic carboxylic acids is 1. The molecule has 0 aromatic rings. The minimum Gasteiger partial charge on any atom is -0.481 e. The van der Waals surface area contributed by atoms with Gasteiger partial charge >= 0.3 is 5.97 Å². The molecule has 0 aromatic carbocycles. The highest BCUT2D eigenvalue weighted by Crippen LogP contribution is 2.49. The van der Waals surface area contributed by atoms with Crippen molar-refractivity contribution in [2.45, 2.75) is 90.4 Å². The van der Waals surface area contributed by atoms with E-state index in [0.717, 1.165) is 31.6 Å². The van der Waals surface area contributed by atoms with Gasteiger partial charge < -0.3 is 5.11 Å². The Hall–Kier alpha value is -0.530. The first-order valence-corrected chi connectivity index (χ1v) is 8.92. The van der Waals surface area contributed by atoms with Crippen LogP contribution < -0.4 is 0 Å². The minimum atomic E-state index is -0.494. The third kappa shape index (κ3) is 3.56. The van der Waals surface area contributed by atoms with E-state index in [1.807, 2.05) is 0 Å². The largest absolute Gasteiger partial charge is 0.481 e. The maximum atomic E-state index is 11.9. The van der Waals surface area contributed by atoms with Crippen molar-refractivity contribution in [3.05, 3.63) is 0 Å². The van der Waals surface area contributed by atoms with Crippen LogP contribution >= 0.6 is 0 Å². The Morgan fingerprint density at radius 2 is 1.70 bits per heavy atom. The molecule has 0 bridgehead atoms. The van der Waals surface area contributed by atoms with Crippen molar-refractivity contribution in [3.8, 4) is 0 Å². The van der Waals surface area contributed by atoms with Crippen molar-refractivity contribution in [2.75, 3.05) is 0 Å². The first-order valence-electron chi connectivity index (χ1n) is 8.92. The molecule has 0 amide bonds. The Labute approximate surface area is 124 Å². The zero-order valence-electron chi connectivity index (χ0n) is 13.2. The van der Waals surface area contributed by atoms with Gasteiger partial charge in [-0.15, -0.1) is 0 Å². The molecular weight excluding hydrogens is 248 g/mol. The number of unbranched alkanes of at least 4 members (excludes halogenated alkanes) is 2. The second kappa shape index (κ2) is 7.47. The molecule has 2 rings (SSSR count). The van der Waals surface area contributed by atoms with E-state index < -0.39 is 5.97 Å². The van der Waals surface area contributed by atoms with Crippen molar-refractivity contribution >= 4 is 5.97 Å². The summed E-state index contributed by atoms with van der Waals surface area (Å²) in [7, 11) is 0. The predicted octanol–water partition coefficient (Wildman–Crippen LogP) is 5.41. The van der Waals surface area contributed by atoms with Crippen molar-refractivity contribution in [1.82, 2.24) is 0 Å². The lowest BCUT2D eigenvalue weighted by Gasteiger charge is -2.43. The van der Waals surface area contributed by atoms with Crippen LogP contribution in [0.15, 0.2) is 0 Å². The molecule has 0 aromatic heterocycles. The van der Waals surface area contributed by atoms with Crippen LogP contribution in [0.25, 0.3) is 0 Å². The molecule has 20 heavy (non-hydrogen) atoms. The first-order chi connectivity index (χ1) is 9.69. The van der Waals surface area contributed by atoms with Gasteiger partial charge in [-0.3, -0.25) is 4.79 Å². The monoisotopic (exact) mass is 280 g/mol. The Morgan fingerprint density at radius 3 is 2.25 bits per heavy atom. The Bertz CT molecular complexity index is 297. The molecule has 2 aliphatic carbocycles. The lowest BCUT2D eigenvalue weighted by atomic mass is 9.60. The van der Waals surface area contributed by atoms with Crippen LogP contribution in [0.1, 0.15) is 90.4 Å². The van der Waals surface area contributed by atoms with Gasteiger partial charge in [-0.2, -0.15) is 0 Å². The average molecular weight is 280 g/mol. The minimum absolute atomic E-state index is 0.355. The zero-order valence-corrected chi connectivity index (χ0v) is 13.2. The normalized spacial score (nSPS) is 30.1. The smallest absolute Gasteiger partial charge is 0.309 e. The molecule has 1 N–H and O–H groups in total. The summed E-state index contributed by atoms with van der Waals surface area (Å²) in [6.45, 7) is 2.26. The number of hydrogen-bond acceptors (Lipinski definition) is 1. The van der Waals surface area contributed by atoms with Crippen LogP contribution in [0, 0.1) is 17.3 Å². The summed E-state index contributed by atoms with van der Waals surface area (Å²) >= 11 is 0. The number of hydrogen-bond donors (Lipinski definition) is 1. The van der Waals surface area contributed by atoms with E-state index in [4.69, 9.17) is 0 Å². The van der Waals surface area contributed by atoms with Crippen LogP contribution in [0.4, 0.5) is 0 Å². The fourth-order valence-electron chi connectivity index (χ4n) is 4.67. The second-order valence-electron chi connectivity index (χ2n) is 7.24. The van der Waals surface area contributed by atoms with E-state index in [0.29, 0.717) is 5.92 Å². The summed E-state index contributed by atoms with van der Waals surface area (Å²) in [5.41, 5.74) is -0.355. The van der Waals surface area contributed by atoms with Gasteiger partial charge in [0.15, 0.2) is 0 Å². The predicted molar refractivity (Wildman–Crippen MR) is 82.7 cm³/mol. The lowest BCUT2D eigenvalue weighted by molar-refractivity contribution is -0.157. The molecule has 0 aliphatic heterocycles. The summed E-state index contributed by atoms with van der Waals surface area (Å²) in [5.74, 6) is 0.849. The summed E-state index contributed by atoms with van der Waals surface area (Å²) in [6, 6.07) is 0. The summed E-state index contributed by atoms with van der Waals surface area (Å²) in [4.78, 5) is 11.9. The van der Waals surface area contributed by atoms with Gasteiger partial charge in [0.05, 0.1) is 5.41 Å². The Balaban J connectivity index is 1.86. The van der Waals surface area contributed by atoms with E-state index in [-0.39, 0.29) is 5.41 Å². The van der Waals surface area contributed by atoms with E-state index in [1.165, 1.54) is 57.8 Å². The molecule has 2 saturated carbocycles. The zero-order chi connectivity index (χ0) is 14.4. The molecule has 0 heterocycles. The van der Waals surface area contributed by atoms with Crippen LogP contribution in [-0.4, -0.2) is 11.1 Å². The van der Waals surface area contributed by atoms with Crippen LogP contribution in [0.3, 0.4) is 0 Å². The standard InChI is InChI=1S/C18H32O2/c1-2-3-5-8-15-9-11-16(12-10-15)18(17(19)20)13-6-4-7-14-18/h15-16H,2-14H2,1H3,(H,19,20). The number of carbonyl (C=O) groups is 1. The molecule has 2 nitrogen and oxygen atoms in total. The third-order valence-electron chi connectivity index (χ3n) is 6.02. The lowest BCUT2D eigenvalue weighted by Crippen LogP contribution is -2.42. The first kappa shape index (κ1) is 15.9. The fraction of sp³-hybridized carbons (Fsp3) is 0.944. The summed E-state index contributed by atoms with van der Waals surface area (Å²) in [6.07, 6.45) is 15.7. The van der Waals surface area contributed by atoms with Crippen LogP contribution in [0.2, 0.25) is 0 Å². The van der Waals surface area contributed by atoms with Crippen LogP contribution in [-0.2, 0) is 4.79 Å². The molecule has 0 spiro atoms. The van der Waals surface area contributed by atoms with Crippen molar-refractivity contribution in [2.24, 2.45) is 17.3 Å². The highest BCUT2D eigenvalue weighted by molar-refractivity contribution is 5.75. The van der Waals surface area contributed by atoms with Gasteiger partial charge in [0.1, 0.15) is 0 Å². The highest BCUT2D eigenvalue weighted by Gasteiger charge is 2.46.